The Morgan fingerprint density at radius 1 is 1.36 bits per heavy atom. The largest absolute Gasteiger partial charge is 0.384 e. The van der Waals surface area contributed by atoms with E-state index in [1.165, 1.54) is 11.8 Å². The summed E-state index contributed by atoms with van der Waals surface area (Å²) in [6.07, 6.45) is -1.10. The Balaban J connectivity index is 1.97. The van der Waals surface area contributed by atoms with Crippen molar-refractivity contribution in [3.05, 3.63) is 41.7 Å². The monoisotopic (exact) mass is 325 g/mol. The fourth-order valence-electron chi connectivity index (χ4n) is 2.53. The van der Waals surface area contributed by atoms with Crippen molar-refractivity contribution in [2.45, 2.75) is 23.8 Å². The number of hydrogen-bond donors (Lipinski definition) is 0. The molecule has 0 aliphatic carbocycles. The summed E-state index contributed by atoms with van der Waals surface area (Å²) in [4.78, 5) is 3.91. The maximum absolute atomic E-state index is 14.2. The predicted octanol–water partition coefficient (Wildman–Crippen LogP) is 1.70. The molecule has 2 atom stereocenters. The fourth-order valence-corrected chi connectivity index (χ4v) is 3.54. The summed E-state index contributed by atoms with van der Waals surface area (Å²) in [6, 6.07) is 8.99. The van der Waals surface area contributed by atoms with Crippen LogP contribution in [0, 0.1) is 0 Å². The molecule has 0 saturated carbocycles. The number of fused-ring (bicyclic) bond motifs is 1. The van der Waals surface area contributed by atoms with Crippen LogP contribution in [0.4, 0.5) is 4.39 Å². The Bertz CT molecular complexity index is 761. The van der Waals surface area contributed by atoms with Gasteiger partial charge in [0, 0.05) is 13.5 Å². The zero-order valence-corrected chi connectivity index (χ0v) is 12.8. The van der Waals surface area contributed by atoms with Gasteiger partial charge in [-0.2, -0.15) is 4.98 Å². The summed E-state index contributed by atoms with van der Waals surface area (Å²) >= 11 is 0. The van der Waals surface area contributed by atoms with E-state index in [0.717, 1.165) is 5.56 Å². The third kappa shape index (κ3) is 2.64. The molecule has 1 aromatic carbocycles. The standard InChI is InChI=1S/C14H16FN3O3S/c1-21-7-8-22(19,20)14-16-13-11(15)9-12(18(13)17-14)10-5-3-2-4-6-10/h2-6,11-12H,7-9H2,1H3/t11-,12-/m0/s1. The van der Waals surface area contributed by atoms with Crippen molar-refractivity contribution in [1.29, 1.82) is 0 Å². The maximum atomic E-state index is 14.2. The van der Waals surface area contributed by atoms with Gasteiger partial charge >= 0.3 is 0 Å². The minimum Gasteiger partial charge on any atom is -0.384 e. The molecule has 0 fully saturated rings. The second-order valence-electron chi connectivity index (χ2n) is 5.14. The van der Waals surface area contributed by atoms with Gasteiger partial charge in [0.25, 0.3) is 5.16 Å². The van der Waals surface area contributed by atoms with Crippen molar-refractivity contribution in [3.63, 3.8) is 0 Å². The third-order valence-electron chi connectivity index (χ3n) is 3.66. The lowest BCUT2D eigenvalue weighted by Gasteiger charge is -2.11. The van der Waals surface area contributed by atoms with Crippen LogP contribution in [0.25, 0.3) is 0 Å². The lowest BCUT2D eigenvalue weighted by Crippen LogP contribution is -2.15. The first-order valence-electron chi connectivity index (χ1n) is 6.90. The molecule has 8 heteroatoms. The number of methoxy groups -OCH3 is 1. The van der Waals surface area contributed by atoms with Gasteiger partial charge in [-0.05, 0) is 5.56 Å². The van der Waals surface area contributed by atoms with Crippen LogP contribution in [0.2, 0.25) is 0 Å². The summed E-state index contributed by atoms with van der Waals surface area (Å²) in [6.45, 7) is 0.0490. The van der Waals surface area contributed by atoms with Crippen molar-refractivity contribution in [1.82, 2.24) is 14.8 Å². The van der Waals surface area contributed by atoms with E-state index >= 15 is 0 Å². The molecule has 118 valence electrons. The van der Waals surface area contributed by atoms with Gasteiger partial charge in [0.1, 0.15) is 0 Å². The Morgan fingerprint density at radius 2 is 2.09 bits per heavy atom. The van der Waals surface area contributed by atoms with E-state index in [0.29, 0.717) is 0 Å². The normalized spacial score (nSPS) is 21.0. The van der Waals surface area contributed by atoms with Gasteiger partial charge in [0.2, 0.25) is 9.84 Å². The summed E-state index contributed by atoms with van der Waals surface area (Å²) < 4.78 is 44.5. The number of sulfone groups is 1. The Kier molecular flexibility index (Phi) is 3.96. The number of ether oxygens (including phenoxy) is 1. The molecule has 2 aromatic rings. The van der Waals surface area contributed by atoms with Gasteiger partial charge in [-0.3, -0.25) is 0 Å². The number of benzene rings is 1. The van der Waals surface area contributed by atoms with Crippen molar-refractivity contribution in [2.24, 2.45) is 0 Å². The third-order valence-corrected chi connectivity index (χ3v) is 5.10. The maximum Gasteiger partial charge on any atom is 0.267 e. The van der Waals surface area contributed by atoms with Crippen LogP contribution >= 0.6 is 0 Å². The summed E-state index contributed by atoms with van der Waals surface area (Å²) in [5.74, 6) is -0.148. The summed E-state index contributed by atoms with van der Waals surface area (Å²) in [5.41, 5.74) is 0.884. The highest BCUT2D eigenvalue weighted by Gasteiger charge is 2.37. The Morgan fingerprint density at radius 3 is 2.77 bits per heavy atom. The number of hydrogen-bond acceptors (Lipinski definition) is 5. The van der Waals surface area contributed by atoms with Crippen LogP contribution in [0.1, 0.15) is 30.0 Å². The van der Waals surface area contributed by atoms with Gasteiger partial charge < -0.3 is 4.74 Å². The molecule has 0 bridgehead atoms. The van der Waals surface area contributed by atoms with Crippen LogP contribution in [0.15, 0.2) is 35.5 Å². The van der Waals surface area contributed by atoms with Crippen molar-refractivity contribution < 1.29 is 17.5 Å². The van der Waals surface area contributed by atoms with E-state index in [-0.39, 0.29) is 35.8 Å². The van der Waals surface area contributed by atoms with Gasteiger partial charge in [-0.1, -0.05) is 30.3 Å². The highest BCUT2D eigenvalue weighted by atomic mass is 32.2. The quantitative estimate of drug-likeness (QED) is 0.836. The average Bonchev–Trinajstić information content (AvgIpc) is 3.08. The van der Waals surface area contributed by atoms with E-state index in [1.54, 1.807) is 0 Å². The van der Waals surface area contributed by atoms with Crippen molar-refractivity contribution in [2.75, 3.05) is 19.5 Å². The molecule has 1 aromatic heterocycles. The summed E-state index contributed by atoms with van der Waals surface area (Å²) in [5, 5.41) is 3.71. The van der Waals surface area contributed by atoms with Gasteiger partial charge in [-0.25, -0.2) is 17.5 Å². The molecule has 1 aliphatic rings. The first-order chi connectivity index (χ1) is 10.5. The topological polar surface area (TPSA) is 74.1 Å². The molecule has 0 spiro atoms. The first-order valence-corrected chi connectivity index (χ1v) is 8.55. The number of nitrogens with zero attached hydrogens (tertiary/aromatic N) is 3. The Labute approximate surface area is 127 Å². The van der Waals surface area contributed by atoms with Crippen LogP contribution in [0.5, 0.6) is 0 Å². The van der Waals surface area contributed by atoms with Gasteiger partial charge in [-0.15, -0.1) is 5.10 Å². The van der Waals surface area contributed by atoms with E-state index < -0.39 is 16.0 Å². The second-order valence-corrected chi connectivity index (χ2v) is 7.14. The van der Waals surface area contributed by atoms with Gasteiger partial charge in [0.05, 0.1) is 18.4 Å². The highest BCUT2D eigenvalue weighted by Crippen LogP contribution is 2.39. The highest BCUT2D eigenvalue weighted by molar-refractivity contribution is 7.91. The van der Waals surface area contributed by atoms with Crippen molar-refractivity contribution in [3.8, 4) is 0 Å². The molecule has 0 radical (unpaired) electrons. The number of alkyl halides is 1. The van der Waals surface area contributed by atoms with Gasteiger partial charge in [0.15, 0.2) is 12.0 Å². The number of halogens is 1. The predicted molar refractivity (Wildman–Crippen MR) is 77.0 cm³/mol. The zero-order valence-electron chi connectivity index (χ0n) is 12.0. The fraction of sp³-hybridized carbons (Fsp3) is 0.429. The zero-order chi connectivity index (χ0) is 15.7. The average molecular weight is 325 g/mol. The SMILES string of the molecule is COCCS(=O)(=O)c1nc2n(n1)[C@H](c1ccccc1)C[C@@H]2F. The first kappa shape index (κ1) is 15.1. The summed E-state index contributed by atoms with van der Waals surface area (Å²) in [7, 11) is -2.25. The number of rotatable bonds is 5. The molecule has 0 saturated heterocycles. The minimum atomic E-state index is -3.66. The minimum absolute atomic E-state index is 0.0490. The lowest BCUT2D eigenvalue weighted by atomic mass is 10.0. The molecule has 2 heterocycles. The molecule has 0 N–H and O–H groups in total. The van der Waals surface area contributed by atoms with E-state index in [4.69, 9.17) is 4.74 Å². The molecule has 6 nitrogen and oxygen atoms in total. The molecule has 3 rings (SSSR count). The molecular formula is C14H16FN3O3S. The second kappa shape index (κ2) is 5.77. The van der Waals surface area contributed by atoms with Crippen LogP contribution in [-0.4, -0.2) is 42.7 Å². The van der Waals surface area contributed by atoms with Crippen LogP contribution in [-0.2, 0) is 14.6 Å². The van der Waals surface area contributed by atoms with E-state index in [9.17, 15) is 12.8 Å². The van der Waals surface area contributed by atoms with E-state index in [2.05, 4.69) is 10.1 Å². The van der Waals surface area contributed by atoms with Crippen LogP contribution in [0.3, 0.4) is 0 Å². The lowest BCUT2D eigenvalue weighted by molar-refractivity contribution is 0.217. The molecular weight excluding hydrogens is 309 g/mol. The van der Waals surface area contributed by atoms with Crippen molar-refractivity contribution >= 4 is 9.84 Å². The number of aromatic nitrogens is 3. The smallest absolute Gasteiger partial charge is 0.267 e. The molecule has 0 amide bonds. The van der Waals surface area contributed by atoms with E-state index in [1.807, 2.05) is 30.3 Å². The molecule has 0 unspecified atom stereocenters. The molecule has 1 aliphatic heterocycles. The molecule has 22 heavy (non-hydrogen) atoms. The van der Waals surface area contributed by atoms with Crippen LogP contribution < -0.4 is 0 Å². The Hall–Kier alpha value is -1.80.